The zero-order valence-corrected chi connectivity index (χ0v) is 13.0. The van der Waals surface area contributed by atoms with Gasteiger partial charge >= 0.3 is 0 Å². The van der Waals surface area contributed by atoms with Gasteiger partial charge in [-0.05, 0) is 24.0 Å². The highest BCUT2D eigenvalue weighted by atomic mass is 16.5. The molecule has 0 aliphatic heterocycles. The Morgan fingerprint density at radius 2 is 1.89 bits per heavy atom. The van der Waals surface area contributed by atoms with Gasteiger partial charge in [0.2, 0.25) is 0 Å². The summed E-state index contributed by atoms with van der Waals surface area (Å²) in [6, 6.07) is 6.60. The Hall–Kier alpha value is -0.930. The number of rotatable bonds is 7. The summed E-state index contributed by atoms with van der Waals surface area (Å²) in [6.45, 7) is 13.2. The molecular weight excluding hydrogens is 236 g/mol. The lowest BCUT2D eigenvalue weighted by Gasteiger charge is -2.17. The van der Waals surface area contributed by atoms with Crippen LogP contribution in [0.5, 0.6) is 0 Å². The monoisotopic (exact) mass is 264 g/mol. The third-order valence-electron chi connectivity index (χ3n) is 2.80. The normalized spacial score (nSPS) is 12.1. The van der Waals surface area contributed by atoms with Crippen molar-refractivity contribution in [2.75, 3.05) is 6.61 Å². The van der Waals surface area contributed by atoms with Crippen LogP contribution in [0.2, 0.25) is 0 Å². The molecule has 1 heterocycles. The van der Waals surface area contributed by atoms with Crippen LogP contribution in [0.1, 0.15) is 52.4 Å². The number of aromatic nitrogens is 1. The molecule has 0 aliphatic carbocycles. The van der Waals surface area contributed by atoms with Crippen molar-refractivity contribution in [1.82, 2.24) is 10.3 Å². The Morgan fingerprint density at radius 3 is 2.53 bits per heavy atom. The first-order valence-electron chi connectivity index (χ1n) is 7.13. The van der Waals surface area contributed by atoms with E-state index in [0.29, 0.717) is 18.1 Å². The number of ether oxygens (including phenoxy) is 1. The van der Waals surface area contributed by atoms with Gasteiger partial charge in [-0.2, -0.15) is 0 Å². The highest BCUT2D eigenvalue weighted by molar-refractivity contribution is 5.10. The molecule has 0 unspecified atom stereocenters. The maximum Gasteiger partial charge on any atom is 0.0887 e. The lowest BCUT2D eigenvalue weighted by molar-refractivity contribution is 0.0940. The molecule has 1 N–H and O–H groups in total. The first kappa shape index (κ1) is 16.1. The van der Waals surface area contributed by atoms with Crippen molar-refractivity contribution in [3.8, 4) is 0 Å². The Balaban J connectivity index is 2.35. The Bertz CT molecular complexity index is 369. The lowest BCUT2D eigenvalue weighted by atomic mass is 9.93. The van der Waals surface area contributed by atoms with Crippen molar-refractivity contribution in [2.45, 2.75) is 60.2 Å². The second-order valence-electron chi connectivity index (χ2n) is 6.52. The van der Waals surface area contributed by atoms with Crippen LogP contribution in [0.4, 0.5) is 0 Å². The van der Waals surface area contributed by atoms with Gasteiger partial charge in [0.05, 0.1) is 18.0 Å². The third-order valence-corrected chi connectivity index (χ3v) is 2.80. The highest BCUT2D eigenvalue weighted by Gasteiger charge is 2.09. The summed E-state index contributed by atoms with van der Waals surface area (Å²) in [6.07, 6.45) is 1.07. The largest absolute Gasteiger partial charge is 0.375 e. The Labute approximate surface area is 117 Å². The van der Waals surface area contributed by atoms with Crippen LogP contribution in [0.25, 0.3) is 0 Å². The molecule has 0 saturated carbocycles. The second-order valence-corrected chi connectivity index (χ2v) is 6.52. The number of pyridine rings is 1. The minimum Gasteiger partial charge on any atom is -0.375 e. The van der Waals surface area contributed by atoms with Gasteiger partial charge in [-0.25, -0.2) is 0 Å². The fourth-order valence-corrected chi connectivity index (χ4v) is 1.57. The molecular formula is C16H28N2O. The summed E-state index contributed by atoms with van der Waals surface area (Å²) < 4.78 is 5.69. The van der Waals surface area contributed by atoms with Gasteiger partial charge in [0, 0.05) is 19.2 Å². The van der Waals surface area contributed by atoms with E-state index in [1.807, 2.05) is 18.2 Å². The van der Waals surface area contributed by atoms with Crippen LogP contribution in [0, 0.1) is 5.41 Å². The summed E-state index contributed by atoms with van der Waals surface area (Å²) in [5.74, 6) is 0. The molecule has 0 aliphatic rings. The molecule has 0 bridgehead atoms. The maximum atomic E-state index is 5.69. The average Bonchev–Trinajstić information content (AvgIpc) is 2.32. The van der Waals surface area contributed by atoms with Crippen LogP contribution in [-0.2, 0) is 17.9 Å². The van der Waals surface area contributed by atoms with Crippen molar-refractivity contribution in [3.05, 3.63) is 29.6 Å². The van der Waals surface area contributed by atoms with E-state index in [2.05, 4.69) is 44.9 Å². The molecule has 0 fully saturated rings. The van der Waals surface area contributed by atoms with Gasteiger partial charge in [-0.3, -0.25) is 4.98 Å². The Kier molecular flexibility index (Phi) is 6.46. The van der Waals surface area contributed by atoms with Gasteiger partial charge in [-0.1, -0.05) is 40.7 Å². The summed E-state index contributed by atoms with van der Waals surface area (Å²) in [7, 11) is 0. The fourth-order valence-electron chi connectivity index (χ4n) is 1.57. The average molecular weight is 264 g/mol. The van der Waals surface area contributed by atoms with E-state index in [1.54, 1.807) is 0 Å². The molecule has 0 spiro atoms. The van der Waals surface area contributed by atoms with Crippen LogP contribution in [0.3, 0.4) is 0 Å². The number of nitrogens with one attached hydrogen (secondary N) is 1. The SMILES string of the molecule is CC(C)NCc1cccc(COCCC(C)(C)C)n1. The van der Waals surface area contributed by atoms with E-state index in [0.717, 1.165) is 31.0 Å². The van der Waals surface area contributed by atoms with E-state index in [4.69, 9.17) is 4.74 Å². The van der Waals surface area contributed by atoms with Crippen molar-refractivity contribution in [1.29, 1.82) is 0 Å². The molecule has 0 aromatic carbocycles. The number of nitrogens with zero attached hydrogens (tertiary/aromatic N) is 1. The summed E-state index contributed by atoms with van der Waals surface area (Å²) in [5, 5.41) is 3.37. The zero-order valence-electron chi connectivity index (χ0n) is 13.0. The number of hydrogen-bond acceptors (Lipinski definition) is 3. The summed E-state index contributed by atoms with van der Waals surface area (Å²) in [5.41, 5.74) is 2.42. The van der Waals surface area contributed by atoms with Crippen LogP contribution in [-0.4, -0.2) is 17.6 Å². The van der Waals surface area contributed by atoms with E-state index in [1.165, 1.54) is 0 Å². The van der Waals surface area contributed by atoms with Gasteiger partial charge in [0.1, 0.15) is 0 Å². The number of hydrogen-bond donors (Lipinski definition) is 1. The zero-order chi connectivity index (χ0) is 14.3. The fraction of sp³-hybridized carbons (Fsp3) is 0.688. The first-order valence-corrected chi connectivity index (χ1v) is 7.13. The molecule has 0 amide bonds. The Morgan fingerprint density at radius 1 is 1.21 bits per heavy atom. The van der Waals surface area contributed by atoms with Gasteiger partial charge < -0.3 is 10.1 Å². The molecule has 0 atom stereocenters. The molecule has 19 heavy (non-hydrogen) atoms. The minimum absolute atomic E-state index is 0.330. The van der Waals surface area contributed by atoms with Crippen molar-refractivity contribution >= 4 is 0 Å². The van der Waals surface area contributed by atoms with Crippen molar-refractivity contribution in [3.63, 3.8) is 0 Å². The lowest BCUT2D eigenvalue weighted by Crippen LogP contribution is -2.22. The molecule has 1 rings (SSSR count). The van der Waals surface area contributed by atoms with Crippen LogP contribution >= 0.6 is 0 Å². The topological polar surface area (TPSA) is 34.1 Å². The van der Waals surface area contributed by atoms with Gasteiger partial charge in [0.25, 0.3) is 0 Å². The summed E-state index contributed by atoms with van der Waals surface area (Å²) in [4.78, 5) is 4.59. The van der Waals surface area contributed by atoms with E-state index < -0.39 is 0 Å². The minimum atomic E-state index is 0.330. The van der Waals surface area contributed by atoms with Crippen LogP contribution < -0.4 is 5.32 Å². The molecule has 108 valence electrons. The predicted molar refractivity (Wildman–Crippen MR) is 79.9 cm³/mol. The van der Waals surface area contributed by atoms with Gasteiger partial charge in [0.15, 0.2) is 0 Å². The van der Waals surface area contributed by atoms with E-state index in [9.17, 15) is 0 Å². The second kappa shape index (κ2) is 7.61. The molecule has 1 aromatic rings. The van der Waals surface area contributed by atoms with Crippen molar-refractivity contribution < 1.29 is 4.74 Å². The molecule has 1 aromatic heterocycles. The predicted octanol–water partition coefficient (Wildman–Crippen LogP) is 3.53. The standard InChI is InChI=1S/C16H28N2O/c1-13(2)17-11-14-7-6-8-15(18-14)12-19-10-9-16(3,4)5/h6-8,13,17H,9-12H2,1-5H3. The van der Waals surface area contributed by atoms with E-state index in [-0.39, 0.29) is 0 Å². The molecule has 3 heteroatoms. The molecule has 0 radical (unpaired) electrons. The maximum absolute atomic E-state index is 5.69. The third kappa shape index (κ3) is 7.96. The van der Waals surface area contributed by atoms with Crippen molar-refractivity contribution in [2.24, 2.45) is 5.41 Å². The van der Waals surface area contributed by atoms with Crippen LogP contribution in [0.15, 0.2) is 18.2 Å². The molecule has 3 nitrogen and oxygen atoms in total. The summed E-state index contributed by atoms with van der Waals surface area (Å²) >= 11 is 0. The quantitative estimate of drug-likeness (QED) is 0.765. The van der Waals surface area contributed by atoms with E-state index >= 15 is 0 Å². The smallest absolute Gasteiger partial charge is 0.0887 e. The highest BCUT2D eigenvalue weighted by Crippen LogP contribution is 2.18. The first-order chi connectivity index (χ1) is 8.87. The molecule has 0 saturated heterocycles. The van der Waals surface area contributed by atoms with Gasteiger partial charge in [-0.15, -0.1) is 0 Å².